The molecule has 22 heavy (non-hydrogen) atoms. The lowest BCUT2D eigenvalue weighted by Gasteiger charge is -2.33. The second-order valence-corrected chi connectivity index (χ2v) is 9.12. The van der Waals surface area contributed by atoms with Crippen molar-refractivity contribution in [1.82, 2.24) is 13.6 Å². The summed E-state index contributed by atoms with van der Waals surface area (Å²) in [5.41, 5.74) is 1.04. The number of rotatable bonds is 5. The van der Waals surface area contributed by atoms with Crippen LogP contribution in [-0.4, -0.2) is 42.7 Å². The predicted molar refractivity (Wildman–Crippen MR) is 86.6 cm³/mol. The Kier molecular flexibility index (Phi) is 5.22. The van der Waals surface area contributed by atoms with Gasteiger partial charge in [-0.05, 0) is 33.1 Å². The Morgan fingerprint density at radius 1 is 1.50 bits per heavy atom. The Labute approximate surface area is 136 Å². The molecule has 0 amide bonds. The van der Waals surface area contributed by atoms with Gasteiger partial charge in [0.25, 0.3) is 10.2 Å². The monoisotopic (exact) mass is 342 g/mol. The molecule has 122 valence electrons. The van der Waals surface area contributed by atoms with Gasteiger partial charge in [0.15, 0.2) is 0 Å². The Morgan fingerprint density at radius 3 is 2.82 bits per heavy atom. The number of aryl methyl sites for hydroxylation is 2. The minimum absolute atomic E-state index is 0.153. The van der Waals surface area contributed by atoms with Crippen LogP contribution in [0.25, 0.3) is 0 Å². The van der Waals surface area contributed by atoms with Gasteiger partial charge in [-0.1, -0.05) is 0 Å². The maximum Gasteiger partial charge on any atom is 0.282 e. The summed E-state index contributed by atoms with van der Waals surface area (Å²) >= 11 is 1.58. The van der Waals surface area contributed by atoms with Gasteiger partial charge in [0.05, 0.1) is 28.7 Å². The molecule has 1 aromatic heterocycles. The van der Waals surface area contributed by atoms with Crippen molar-refractivity contribution in [2.24, 2.45) is 5.92 Å². The molecule has 1 heterocycles. The first kappa shape index (κ1) is 17.3. The van der Waals surface area contributed by atoms with Crippen molar-refractivity contribution in [3.63, 3.8) is 0 Å². The zero-order valence-electron chi connectivity index (χ0n) is 13.4. The molecule has 1 aromatic rings. The molecule has 8 heteroatoms. The molecule has 0 saturated heterocycles. The normalized spacial score (nSPS) is 20.0. The molecule has 1 aliphatic rings. The van der Waals surface area contributed by atoms with Gasteiger partial charge in [-0.15, -0.1) is 11.3 Å². The lowest BCUT2D eigenvalue weighted by Crippen LogP contribution is -2.43. The molecule has 6 nitrogen and oxygen atoms in total. The highest BCUT2D eigenvalue weighted by Crippen LogP contribution is 2.38. The van der Waals surface area contributed by atoms with Crippen LogP contribution in [-0.2, 0) is 16.6 Å². The molecule has 0 unspecified atom stereocenters. The van der Waals surface area contributed by atoms with Gasteiger partial charge in [-0.2, -0.15) is 22.3 Å². The Hall–Kier alpha value is -1.01. The van der Waals surface area contributed by atoms with Crippen LogP contribution in [0.2, 0.25) is 0 Å². The fourth-order valence-electron chi connectivity index (χ4n) is 2.77. The average molecular weight is 342 g/mol. The van der Waals surface area contributed by atoms with E-state index in [0.717, 1.165) is 34.8 Å². The molecule has 0 spiro atoms. The molecule has 1 aliphatic carbocycles. The molecule has 2 rings (SSSR count). The average Bonchev–Trinajstić information content (AvgIpc) is 2.85. The second kappa shape index (κ2) is 6.62. The van der Waals surface area contributed by atoms with Gasteiger partial charge in [0, 0.05) is 25.5 Å². The standard InChI is InChI=1S/C14H22N4O2S2/c1-10(8-15)9-17(3)22(19,20)18(4)13-7-5-6-12-14(13)21-11(2)16-12/h10,13H,5-7,9H2,1-4H3/t10-,13+/m1/s1. The number of nitrogens with zero attached hydrogens (tertiary/aromatic N) is 4. The van der Waals surface area contributed by atoms with E-state index in [0.29, 0.717) is 0 Å². The van der Waals surface area contributed by atoms with Crippen LogP contribution in [0.3, 0.4) is 0 Å². The van der Waals surface area contributed by atoms with Gasteiger partial charge in [0.1, 0.15) is 0 Å². The van der Waals surface area contributed by atoms with Crippen molar-refractivity contribution in [3.05, 3.63) is 15.6 Å². The van der Waals surface area contributed by atoms with Crippen molar-refractivity contribution in [3.8, 4) is 6.07 Å². The van der Waals surface area contributed by atoms with Crippen LogP contribution >= 0.6 is 11.3 Å². The van der Waals surface area contributed by atoms with Gasteiger partial charge in [-0.3, -0.25) is 0 Å². The predicted octanol–water partition coefficient (Wildman–Crippen LogP) is 2.10. The third-order valence-corrected chi connectivity index (χ3v) is 7.01. The van der Waals surface area contributed by atoms with Crippen LogP contribution in [0, 0.1) is 24.2 Å². The van der Waals surface area contributed by atoms with Crippen molar-refractivity contribution in [2.75, 3.05) is 20.6 Å². The lowest BCUT2D eigenvalue weighted by molar-refractivity contribution is 0.307. The van der Waals surface area contributed by atoms with E-state index in [-0.39, 0.29) is 18.5 Å². The van der Waals surface area contributed by atoms with Crippen molar-refractivity contribution >= 4 is 21.5 Å². The smallest absolute Gasteiger partial charge is 0.246 e. The third-order valence-electron chi connectivity index (χ3n) is 3.98. The molecule has 0 radical (unpaired) electrons. The number of thiazole rings is 1. The maximum atomic E-state index is 12.7. The lowest BCUT2D eigenvalue weighted by atomic mass is 9.98. The quantitative estimate of drug-likeness (QED) is 0.821. The summed E-state index contributed by atoms with van der Waals surface area (Å²) in [6, 6.07) is 1.92. The number of hydrogen-bond acceptors (Lipinski definition) is 5. The van der Waals surface area contributed by atoms with Crippen LogP contribution in [0.15, 0.2) is 0 Å². The SMILES string of the molecule is Cc1nc2c(s1)[C@@H](N(C)S(=O)(=O)N(C)C[C@H](C)C#N)CCC2. The van der Waals surface area contributed by atoms with Crippen molar-refractivity contribution in [2.45, 2.75) is 39.2 Å². The molecule has 0 saturated carbocycles. The first-order valence-electron chi connectivity index (χ1n) is 7.32. The second-order valence-electron chi connectivity index (χ2n) is 5.79. The minimum Gasteiger partial charge on any atom is -0.246 e. The summed E-state index contributed by atoms with van der Waals surface area (Å²) in [6.07, 6.45) is 2.68. The summed E-state index contributed by atoms with van der Waals surface area (Å²) in [7, 11) is -0.431. The highest BCUT2D eigenvalue weighted by atomic mass is 32.2. The van der Waals surface area contributed by atoms with E-state index >= 15 is 0 Å². The first-order chi connectivity index (χ1) is 10.3. The Bertz CT molecular complexity index is 678. The molecule has 0 bridgehead atoms. The minimum atomic E-state index is -3.58. The number of nitriles is 1. The van der Waals surface area contributed by atoms with Gasteiger partial charge < -0.3 is 0 Å². The molecule has 0 fully saturated rings. The van der Waals surface area contributed by atoms with E-state index in [1.165, 1.54) is 15.7 Å². The fraction of sp³-hybridized carbons (Fsp3) is 0.714. The zero-order chi connectivity index (χ0) is 16.5. The summed E-state index contributed by atoms with van der Waals surface area (Å²) in [5.74, 6) is -0.333. The molecular formula is C14H22N4O2S2. The van der Waals surface area contributed by atoms with Crippen LogP contribution in [0.5, 0.6) is 0 Å². The van der Waals surface area contributed by atoms with E-state index in [1.54, 1.807) is 25.3 Å². The Balaban J connectivity index is 2.24. The summed E-state index contributed by atoms with van der Waals surface area (Å²) in [5, 5.41) is 9.86. The molecule has 2 atom stereocenters. The molecule has 0 aliphatic heterocycles. The van der Waals surface area contributed by atoms with E-state index in [9.17, 15) is 8.42 Å². The van der Waals surface area contributed by atoms with E-state index < -0.39 is 10.2 Å². The van der Waals surface area contributed by atoms with Crippen LogP contribution in [0.4, 0.5) is 0 Å². The zero-order valence-corrected chi connectivity index (χ0v) is 15.0. The number of fused-ring (bicyclic) bond motifs is 1. The van der Waals surface area contributed by atoms with Crippen molar-refractivity contribution < 1.29 is 8.42 Å². The highest BCUT2D eigenvalue weighted by molar-refractivity contribution is 7.86. The van der Waals surface area contributed by atoms with Gasteiger partial charge >= 0.3 is 0 Å². The topological polar surface area (TPSA) is 77.3 Å². The maximum absolute atomic E-state index is 12.7. The van der Waals surface area contributed by atoms with Crippen LogP contribution < -0.4 is 0 Å². The molecule has 0 N–H and O–H groups in total. The van der Waals surface area contributed by atoms with Crippen molar-refractivity contribution in [1.29, 1.82) is 5.26 Å². The summed E-state index contributed by atoms with van der Waals surface area (Å²) < 4.78 is 28.2. The van der Waals surface area contributed by atoms with E-state index in [2.05, 4.69) is 11.1 Å². The summed E-state index contributed by atoms with van der Waals surface area (Å²) in [6.45, 7) is 3.87. The number of aromatic nitrogens is 1. The van der Waals surface area contributed by atoms with E-state index in [4.69, 9.17) is 5.26 Å². The highest BCUT2D eigenvalue weighted by Gasteiger charge is 2.35. The summed E-state index contributed by atoms with van der Waals surface area (Å²) in [4.78, 5) is 5.58. The largest absolute Gasteiger partial charge is 0.282 e. The number of hydrogen-bond donors (Lipinski definition) is 0. The van der Waals surface area contributed by atoms with Crippen LogP contribution in [0.1, 0.15) is 41.4 Å². The van der Waals surface area contributed by atoms with Gasteiger partial charge in [-0.25, -0.2) is 4.98 Å². The molecular weight excluding hydrogens is 320 g/mol. The van der Waals surface area contributed by atoms with Gasteiger partial charge in [0.2, 0.25) is 0 Å². The van der Waals surface area contributed by atoms with E-state index in [1.807, 2.05) is 6.92 Å². The Morgan fingerprint density at radius 2 is 2.18 bits per heavy atom. The first-order valence-corrected chi connectivity index (χ1v) is 9.53. The molecule has 0 aromatic carbocycles. The fourth-order valence-corrected chi connectivity index (χ4v) is 5.37. The third kappa shape index (κ3) is 3.33.